The maximum atomic E-state index is 14.0. The number of hydrogen-bond acceptors (Lipinski definition) is 6. The number of nitrogens with zero attached hydrogens (tertiary/aromatic N) is 2. The Morgan fingerprint density at radius 3 is 1.76 bits per heavy atom. The van der Waals surface area contributed by atoms with Gasteiger partial charge < -0.3 is 14.4 Å². The molecule has 0 N–H and O–H groups in total. The third kappa shape index (κ3) is 5.48. The van der Waals surface area contributed by atoms with Crippen LogP contribution in [0.3, 0.4) is 0 Å². The van der Waals surface area contributed by atoms with Gasteiger partial charge in [-0.1, -0.05) is 31.9 Å². The molecule has 0 spiro atoms. The molecular formula is C26H24Br4N2O5. The monoisotopic (exact) mass is 760 g/mol. The fourth-order valence-electron chi connectivity index (χ4n) is 4.01. The number of benzene rings is 2. The average Bonchev–Trinajstić information content (AvgIpc) is 3.16. The van der Waals surface area contributed by atoms with Gasteiger partial charge in [0.05, 0.1) is 28.1 Å². The second-order valence-corrected chi connectivity index (χ2v) is 14.1. The minimum Gasteiger partial charge on any atom is -0.443 e. The van der Waals surface area contributed by atoms with Crippen molar-refractivity contribution in [1.29, 1.82) is 0 Å². The maximum Gasteiger partial charge on any atom is 0.419 e. The summed E-state index contributed by atoms with van der Waals surface area (Å²) in [5.41, 5.74) is 0.0537. The van der Waals surface area contributed by atoms with Crippen LogP contribution in [0.1, 0.15) is 62.3 Å². The van der Waals surface area contributed by atoms with E-state index >= 15 is 0 Å². The zero-order valence-electron chi connectivity index (χ0n) is 21.0. The van der Waals surface area contributed by atoms with Crippen LogP contribution in [0.2, 0.25) is 0 Å². The number of allylic oxidation sites excluding steroid dienone is 2. The van der Waals surface area contributed by atoms with Gasteiger partial charge in [0.25, 0.3) is 0 Å². The van der Waals surface area contributed by atoms with Gasteiger partial charge in [-0.25, -0.2) is 9.69 Å². The van der Waals surface area contributed by atoms with Gasteiger partial charge in [0.2, 0.25) is 11.6 Å². The quantitative estimate of drug-likeness (QED) is 0.287. The van der Waals surface area contributed by atoms with E-state index in [4.69, 9.17) is 9.47 Å². The number of rotatable bonds is 2. The van der Waals surface area contributed by atoms with E-state index in [1.54, 1.807) is 43.9 Å². The number of hydrogen-bond donors (Lipinski definition) is 0. The molecule has 0 aliphatic carbocycles. The molecule has 0 bridgehead atoms. The molecule has 2 aromatic carbocycles. The summed E-state index contributed by atoms with van der Waals surface area (Å²) in [4.78, 5) is 44.4. The van der Waals surface area contributed by atoms with E-state index in [2.05, 4.69) is 63.7 Å². The molecule has 0 saturated heterocycles. The lowest BCUT2D eigenvalue weighted by molar-refractivity contribution is 0.0000559. The van der Waals surface area contributed by atoms with Gasteiger partial charge in [0.1, 0.15) is 23.7 Å². The van der Waals surface area contributed by atoms with E-state index in [1.165, 1.54) is 4.90 Å². The minimum absolute atomic E-state index is 0.0298. The van der Waals surface area contributed by atoms with Crippen LogP contribution in [0.4, 0.5) is 16.2 Å². The van der Waals surface area contributed by atoms with Crippen molar-refractivity contribution in [2.75, 3.05) is 16.5 Å². The van der Waals surface area contributed by atoms with E-state index in [0.717, 1.165) is 0 Å². The normalized spacial score (nSPS) is 17.5. The standard InChI is InChI=1S/C26H24Br4N2O5/c1-25(2,3)36-11-31-18-14(7-12(27)9-16(18)29)22(33)20(31)21-23(34)15-8-13(28)10-17(30)19(15)32(21)24(35)37-26(4,5)6/h7-10H,11H2,1-6H3/b21-20+. The minimum atomic E-state index is -0.841. The zero-order chi connectivity index (χ0) is 27.6. The Balaban J connectivity index is 2.02. The molecule has 0 aromatic heterocycles. The second kappa shape index (κ2) is 9.89. The smallest absolute Gasteiger partial charge is 0.419 e. The van der Waals surface area contributed by atoms with Crippen molar-refractivity contribution in [3.63, 3.8) is 0 Å². The predicted octanol–water partition coefficient (Wildman–Crippen LogP) is 8.36. The van der Waals surface area contributed by atoms with Crippen molar-refractivity contribution >= 4 is 92.8 Å². The molecule has 0 unspecified atom stereocenters. The molecule has 7 nitrogen and oxygen atoms in total. The van der Waals surface area contributed by atoms with E-state index < -0.39 is 28.9 Å². The van der Waals surface area contributed by atoms with E-state index in [0.29, 0.717) is 34.8 Å². The van der Waals surface area contributed by atoms with Crippen molar-refractivity contribution in [1.82, 2.24) is 0 Å². The number of ketones is 2. The van der Waals surface area contributed by atoms with Crippen molar-refractivity contribution in [2.45, 2.75) is 52.7 Å². The summed E-state index contributed by atoms with van der Waals surface area (Å²) in [6.07, 6.45) is -0.772. The fraction of sp³-hybridized carbons (Fsp3) is 0.346. The van der Waals surface area contributed by atoms with E-state index in [1.807, 2.05) is 26.8 Å². The van der Waals surface area contributed by atoms with Gasteiger partial charge in [-0.15, -0.1) is 0 Å². The second-order valence-electron chi connectivity index (χ2n) is 10.6. The van der Waals surface area contributed by atoms with E-state index in [-0.39, 0.29) is 23.7 Å². The lowest BCUT2D eigenvalue weighted by Gasteiger charge is -2.30. The third-order valence-electron chi connectivity index (χ3n) is 5.39. The highest BCUT2D eigenvalue weighted by atomic mass is 79.9. The van der Waals surface area contributed by atoms with Crippen LogP contribution in [-0.2, 0) is 9.47 Å². The molecule has 196 valence electrons. The predicted molar refractivity (Wildman–Crippen MR) is 156 cm³/mol. The Morgan fingerprint density at radius 2 is 1.24 bits per heavy atom. The summed E-state index contributed by atoms with van der Waals surface area (Å²) < 4.78 is 14.2. The molecule has 4 rings (SSSR count). The summed E-state index contributed by atoms with van der Waals surface area (Å²) in [6.45, 7) is 10.9. The summed E-state index contributed by atoms with van der Waals surface area (Å²) in [7, 11) is 0. The number of fused-ring (bicyclic) bond motifs is 2. The van der Waals surface area contributed by atoms with Crippen LogP contribution in [0.25, 0.3) is 0 Å². The first-order chi connectivity index (χ1) is 17.0. The van der Waals surface area contributed by atoms with Gasteiger partial charge in [0, 0.05) is 17.9 Å². The maximum absolute atomic E-state index is 14.0. The van der Waals surface area contributed by atoms with Crippen LogP contribution in [0.5, 0.6) is 0 Å². The van der Waals surface area contributed by atoms with Crippen LogP contribution in [-0.4, -0.2) is 35.6 Å². The molecule has 1 amide bonds. The molecule has 0 saturated carbocycles. The van der Waals surface area contributed by atoms with Crippen LogP contribution in [0, 0.1) is 0 Å². The Labute approximate surface area is 249 Å². The molecule has 0 radical (unpaired) electrons. The highest BCUT2D eigenvalue weighted by Crippen LogP contribution is 2.48. The Kier molecular flexibility index (Phi) is 7.62. The highest BCUT2D eigenvalue weighted by molar-refractivity contribution is 9.11. The van der Waals surface area contributed by atoms with E-state index in [9.17, 15) is 14.4 Å². The van der Waals surface area contributed by atoms with Gasteiger partial charge in [-0.05, 0) is 97.7 Å². The Morgan fingerprint density at radius 1 is 0.757 bits per heavy atom. The van der Waals surface area contributed by atoms with Crippen molar-refractivity contribution in [3.05, 3.63) is 64.7 Å². The average molecular weight is 764 g/mol. The first-order valence-corrected chi connectivity index (χ1v) is 14.4. The highest BCUT2D eigenvalue weighted by Gasteiger charge is 2.48. The lowest BCUT2D eigenvalue weighted by atomic mass is 10.1. The van der Waals surface area contributed by atoms with Crippen LogP contribution in [0.15, 0.2) is 53.6 Å². The third-order valence-corrected chi connectivity index (χ3v) is 7.51. The molecule has 2 aliphatic rings. The topological polar surface area (TPSA) is 76.2 Å². The number of carbonyl (C=O) groups is 3. The number of amides is 1. The lowest BCUT2D eigenvalue weighted by Crippen LogP contribution is -2.39. The summed E-state index contributed by atoms with van der Waals surface area (Å²) in [6, 6.07) is 6.87. The molecular weight excluding hydrogens is 740 g/mol. The number of carbonyl (C=O) groups excluding carboxylic acids is 3. The summed E-state index contributed by atoms with van der Waals surface area (Å²) >= 11 is 13.9. The molecule has 0 atom stereocenters. The van der Waals surface area contributed by atoms with Gasteiger partial charge >= 0.3 is 6.09 Å². The van der Waals surface area contributed by atoms with Crippen LogP contribution < -0.4 is 9.80 Å². The first kappa shape index (κ1) is 28.5. The molecule has 2 heterocycles. The summed E-state index contributed by atoms with van der Waals surface area (Å²) in [5, 5.41) is 0. The fourth-order valence-corrected chi connectivity index (χ4v) is 6.85. The molecule has 0 fully saturated rings. The summed E-state index contributed by atoms with van der Waals surface area (Å²) in [5.74, 6) is -0.885. The van der Waals surface area contributed by atoms with Crippen molar-refractivity contribution in [2.24, 2.45) is 0 Å². The molecule has 37 heavy (non-hydrogen) atoms. The van der Waals surface area contributed by atoms with Gasteiger partial charge in [-0.2, -0.15) is 0 Å². The SMILES string of the molecule is CC(C)(C)OCN1/C(=C2\C(=O)c3cc(Br)cc(Br)c3N2C(=O)OC(C)(C)C)C(=O)c2cc(Br)cc(Br)c21. The van der Waals surface area contributed by atoms with Crippen LogP contribution >= 0.6 is 63.7 Å². The zero-order valence-corrected chi connectivity index (χ0v) is 27.3. The largest absolute Gasteiger partial charge is 0.443 e. The number of anilines is 2. The Bertz CT molecular complexity index is 1390. The number of ether oxygens (including phenoxy) is 2. The Hall–Kier alpha value is -1.53. The van der Waals surface area contributed by atoms with Gasteiger partial charge in [0.15, 0.2) is 0 Å². The molecule has 11 heteroatoms. The van der Waals surface area contributed by atoms with Crippen molar-refractivity contribution < 1.29 is 23.9 Å². The van der Waals surface area contributed by atoms with Gasteiger partial charge in [-0.3, -0.25) is 9.59 Å². The number of Topliss-reactive ketones (excluding diaryl/α,β-unsaturated/α-hetero) is 2. The first-order valence-electron chi connectivity index (χ1n) is 11.3. The molecule has 2 aliphatic heterocycles. The number of halogens is 4. The van der Waals surface area contributed by atoms with Crippen molar-refractivity contribution in [3.8, 4) is 0 Å². The molecule has 2 aromatic rings.